The second-order valence-electron chi connectivity index (χ2n) is 4.26. The summed E-state index contributed by atoms with van der Waals surface area (Å²) in [5.41, 5.74) is 5.60. The van der Waals surface area contributed by atoms with Crippen LogP contribution in [-0.2, 0) is 16.1 Å². The van der Waals surface area contributed by atoms with Crippen LogP contribution in [0.4, 0.5) is 0 Å². The Hall–Kier alpha value is -2.57. The fourth-order valence-corrected chi connectivity index (χ4v) is 2.11. The van der Waals surface area contributed by atoms with Gasteiger partial charge >= 0.3 is 5.97 Å². The third-order valence-corrected chi connectivity index (χ3v) is 3.03. The van der Waals surface area contributed by atoms with Crippen molar-refractivity contribution in [2.75, 3.05) is 0 Å². The minimum absolute atomic E-state index is 0.0505. The topological polar surface area (TPSA) is 121 Å². The highest BCUT2D eigenvalue weighted by atomic mass is 16.4. The number of benzene rings is 1. The number of hydrogen-bond donors (Lipinski definition) is 3. The molecule has 1 heterocycles. The van der Waals surface area contributed by atoms with Gasteiger partial charge in [-0.1, -0.05) is 6.07 Å². The first-order valence-corrected chi connectivity index (χ1v) is 5.54. The molecule has 1 aliphatic rings. The summed E-state index contributed by atoms with van der Waals surface area (Å²) in [7, 11) is 0. The van der Waals surface area contributed by atoms with Gasteiger partial charge in [0.05, 0.1) is 13.0 Å². The number of nitrogens with two attached hydrogens (primary N) is 1. The van der Waals surface area contributed by atoms with Gasteiger partial charge in [-0.25, -0.2) is 4.79 Å². The van der Waals surface area contributed by atoms with Gasteiger partial charge in [-0.3, -0.25) is 9.59 Å². The van der Waals surface area contributed by atoms with Gasteiger partial charge in [0.1, 0.15) is 11.8 Å². The van der Waals surface area contributed by atoms with E-state index in [4.69, 9.17) is 10.8 Å². The molecule has 2 rings (SSSR count). The second-order valence-corrected chi connectivity index (χ2v) is 4.26. The Balaban J connectivity index is 2.34. The lowest BCUT2D eigenvalue weighted by molar-refractivity contribution is -0.144. The van der Waals surface area contributed by atoms with Crippen molar-refractivity contribution >= 4 is 17.8 Å². The van der Waals surface area contributed by atoms with E-state index in [0.717, 1.165) is 4.90 Å². The van der Waals surface area contributed by atoms with E-state index in [9.17, 15) is 19.5 Å². The van der Waals surface area contributed by atoms with Crippen molar-refractivity contribution in [3.63, 3.8) is 0 Å². The van der Waals surface area contributed by atoms with Gasteiger partial charge in [-0.2, -0.15) is 0 Å². The number of primary amides is 1. The van der Waals surface area contributed by atoms with E-state index in [1.165, 1.54) is 18.2 Å². The first-order valence-electron chi connectivity index (χ1n) is 5.54. The summed E-state index contributed by atoms with van der Waals surface area (Å²) in [5.74, 6) is -2.71. The van der Waals surface area contributed by atoms with Crippen molar-refractivity contribution in [3.8, 4) is 5.75 Å². The van der Waals surface area contributed by atoms with Crippen LogP contribution in [0.1, 0.15) is 22.3 Å². The Bertz CT molecular complexity index is 569. The van der Waals surface area contributed by atoms with Gasteiger partial charge < -0.3 is 20.8 Å². The third-order valence-electron chi connectivity index (χ3n) is 3.03. The number of phenolic OH excluding ortho intramolecular Hbond substituents is 1. The van der Waals surface area contributed by atoms with Crippen molar-refractivity contribution in [1.82, 2.24) is 4.90 Å². The van der Waals surface area contributed by atoms with Crippen molar-refractivity contribution < 1.29 is 24.6 Å². The summed E-state index contributed by atoms with van der Waals surface area (Å²) in [4.78, 5) is 35.1. The molecule has 0 aromatic heterocycles. The molecule has 100 valence electrons. The lowest BCUT2D eigenvalue weighted by Gasteiger charge is -2.22. The van der Waals surface area contributed by atoms with E-state index in [2.05, 4.69) is 0 Å². The van der Waals surface area contributed by atoms with Gasteiger partial charge in [0.2, 0.25) is 5.91 Å². The molecule has 0 spiro atoms. The van der Waals surface area contributed by atoms with E-state index >= 15 is 0 Å². The largest absolute Gasteiger partial charge is 0.508 e. The molecule has 1 atom stereocenters. The monoisotopic (exact) mass is 264 g/mol. The molecule has 2 amide bonds. The van der Waals surface area contributed by atoms with Crippen LogP contribution >= 0.6 is 0 Å². The summed E-state index contributed by atoms with van der Waals surface area (Å²) in [6, 6.07) is 3.09. The smallest absolute Gasteiger partial charge is 0.326 e. The average molecular weight is 264 g/mol. The van der Waals surface area contributed by atoms with E-state index in [0.29, 0.717) is 5.56 Å². The lowest BCUT2D eigenvalue weighted by Crippen LogP contribution is -2.43. The molecule has 7 heteroatoms. The lowest BCUT2D eigenvalue weighted by atomic mass is 10.1. The Labute approximate surface area is 108 Å². The van der Waals surface area contributed by atoms with Crippen molar-refractivity contribution in [2.24, 2.45) is 5.73 Å². The second kappa shape index (κ2) is 4.60. The van der Waals surface area contributed by atoms with Crippen molar-refractivity contribution in [2.45, 2.75) is 19.0 Å². The molecule has 4 N–H and O–H groups in total. The van der Waals surface area contributed by atoms with E-state index in [1.54, 1.807) is 0 Å². The molecule has 0 aliphatic carbocycles. The first-order chi connectivity index (χ1) is 8.91. The third kappa shape index (κ3) is 2.22. The van der Waals surface area contributed by atoms with E-state index < -0.39 is 30.2 Å². The Morgan fingerprint density at radius 1 is 1.42 bits per heavy atom. The van der Waals surface area contributed by atoms with Gasteiger partial charge in [-0.05, 0) is 12.1 Å². The van der Waals surface area contributed by atoms with Crippen LogP contribution in [0.3, 0.4) is 0 Å². The molecule has 1 aliphatic heterocycles. The van der Waals surface area contributed by atoms with Gasteiger partial charge in [-0.15, -0.1) is 0 Å². The fourth-order valence-electron chi connectivity index (χ4n) is 2.11. The summed E-state index contributed by atoms with van der Waals surface area (Å²) < 4.78 is 0. The molecule has 0 bridgehead atoms. The maximum absolute atomic E-state index is 12.1. The molecule has 0 unspecified atom stereocenters. The zero-order chi connectivity index (χ0) is 14.2. The SMILES string of the molecule is NC(=O)C[C@@H](C(=O)O)N1Cc2c(O)cccc2C1=O. The highest BCUT2D eigenvalue weighted by molar-refractivity contribution is 6.01. The average Bonchev–Trinajstić information content (AvgIpc) is 2.65. The standard InChI is InChI=1S/C12H12N2O5/c13-10(16)4-8(12(18)19)14-5-7-6(11(14)17)2-1-3-9(7)15/h1-3,8,15H,4-5H2,(H2,13,16)(H,18,19)/t8-/m0/s1. The number of carbonyl (C=O) groups is 3. The Morgan fingerprint density at radius 2 is 2.11 bits per heavy atom. The molecule has 19 heavy (non-hydrogen) atoms. The van der Waals surface area contributed by atoms with Crippen LogP contribution in [0.5, 0.6) is 5.75 Å². The first kappa shape index (κ1) is 12.9. The van der Waals surface area contributed by atoms with E-state index in [1.807, 2.05) is 0 Å². The van der Waals surface area contributed by atoms with Crippen LogP contribution in [0, 0.1) is 0 Å². The number of amides is 2. The van der Waals surface area contributed by atoms with Crippen LogP contribution in [0.15, 0.2) is 18.2 Å². The quantitative estimate of drug-likeness (QED) is 0.688. The molecule has 7 nitrogen and oxygen atoms in total. The number of aromatic hydroxyl groups is 1. The van der Waals surface area contributed by atoms with Crippen LogP contribution in [0.2, 0.25) is 0 Å². The number of aliphatic carboxylic acids is 1. The normalized spacial score (nSPS) is 15.2. The van der Waals surface area contributed by atoms with Crippen molar-refractivity contribution in [3.05, 3.63) is 29.3 Å². The number of nitrogens with zero attached hydrogens (tertiary/aromatic N) is 1. The summed E-state index contributed by atoms with van der Waals surface area (Å²) in [6.45, 7) is -0.0505. The summed E-state index contributed by atoms with van der Waals surface area (Å²) >= 11 is 0. The van der Waals surface area contributed by atoms with Crippen LogP contribution < -0.4 is 5.73 Å². The van der Waals surface area contributed by atoms with Gasteiger partial charge in [0, 0.05) is 11.1 Å². The summed E-state index contributed by atoms with van der Waals surface area (Å²) in [5, 5.41) is 18.7. The van der Waals surface area contributed by atoms with Crippen LogP contribution in [0.25, 0.3) is 0 Å². The zero-order valence-electron chi connectivity index (χ0n) is 9.87. The molecule has 1 aromatic carbocycles. The predicted octanol–water partition coefficient (Wildman–Crippen LogP) is -0.323. The number of carboxylic acid groups (broad SMARTS) is 1. The molecule has 0 radical (unpaired) electrons. The molecular weight excluding hydrogens is 252 g/mol. The number of phenols is 1. The maximum atomic E-state index is 12.1. The van der Waals surface area contributed by atoms with Crippen molar-refractivity contribution in [1.29, 1.82) is 0 Å². The highest BCUT2D eigenvalue weighted by Crippen LogP contribution is 2.31. The summed E-state index contributed by atoms with van der Waals surface area (Å²) in [6.07, 6.45) is -0.462. The maximum Gasteiger partial charge on any atom is 0.326 e. The van der Waals surface area contributed by atoms with E-state index in [-0.39, 0.29) is 17.9 Å². The number of rotatable bonds is 4. The van der Waals surface area contributed by atoms with Crippen LogP contribution in [-0.4, -0.2) is 38.9 Å². The minimum Gasteiger partial charge on any atom is -0.508 e. The molecule has 0 saturated heterocycles. The predicted molar refractivity (Wildman–Crippen MR) is 63.2 cm³/mol. The number of carboxylic acids is 1. The van der Waals surface area contributed by atoms with Gasteiger partial charge in [0.25, 0.3) is 5.91 Å². The fraction of sp³-hybridized carbons (Fsp3) is 0.250. The highest BCUT2D eigenvalue weighted by Gasteiger charge is 2.38. The zero-order valence-corrected chi connectivity index (χ0v) is 9.87. The number of fused-ring (bicyclic) bond motifs is 1. The Kier molecular flexibility index (Phi) is 3.12. The number of hydrogen-bond acceptors (Lipinski definition) is 4. The molecule has 0 fully saturated rings. The molecule has 1 aromatic rings. The molecule has 0 saturated carbocycles. The van der Waals surface area contributed by atoms with Gasteiger partial charge in [0.15, 0.2) is 0 Å². The Morgan fingerprint density at radius 3 is 2.63 bits per heavy atom. The number of carbonyl (C=O) groups excluding carboxylic acids is 2. The minimum atomic E-state index is -1.32. The molecular formula is C12H12N2O5.